The van der Waals surface area contributed by atoms with Crippen LogP contribution in [0.15, 0.2) is 36.9 Å². The first-order chi connectivity index (χ1) is 6.31. The van der Waals surface area contributed by atoms with Gasteiger partial charge in [-0.3, -0.25) is 0 Å². The van der Waals surface area contributed by atoms with Crippen LogP contribution >= 0.6 is 0 Å². The van der Waals surface area contributed by atoms with Gasteiger partial charge in [-0.25, -0.2) is 0 Å². The number of aliphatic hydroxyl groups excluding tert-OH is 1. The van der Waals surface area contributed by atoms with Gasteiger partial charge >= 0.3 is 0 Å². The van der Waals surface area contributed by atoms with Gasteiger partial charge in [-0.15, -0.1) is 6.58 Å². The van der Waals surface area contributed by atoms with E-state index in [-0.39, 0.29) is 12.7 Å². The topological polar surface area (TPSA) is 29.5 Å². The molecule has 0 radical (unpaired) electrons. The molecule has 0 bridgehead atoms. The number of hydrogen-bond acceptors (Lipinski definition) is 2. The average Bonchev–Trinajstić information content (AvgIpc) is 2.21. The van der Waals surface area contributed by atoms with Gasteiger partial charge in [0.05, 0.1) is 12.7 Å². The van der Waals surface area contributed by atoms with Crippen LogP contribution in [0.5, 0.6) is 0 Å². The first-order valence-electron chi connectivity index (χ1n) is 4.17. The molecule has 1 atom stereocenters. The molecule has 2 nitrogen and oxygen atoms in total. The van der Waals surface area contributed by atoms with Gasteiger partial charge in [0.2, 0.25) is 0 Å². The van der Waals surface area contributed by atoms with Crippen LogP contribution in [0, 0.1) is 0 Å². The molecule has 0 heterocycles. The molecule has 1 aromatic carbocycles. The molecule has 1 rings (SSSR count). The third-order valence-electron chi connectivity index (χ3n) is 1.96. The molecule has 0 amide bonds. The lowest BCUT2D eigenvalue weighted by Gasteiger charge is -2.10. The molecule has 0 aliphatic rings. The third-order valence-corrected chi connectivity index (χ3v) is 1.96. The van der Waals surface area contributed by atoms with E-state index in [9.17, 15) is 0 Å². The Morgan fingerprint density at radius 2 is 2.08 bits per heavy atom. The van der Waals surface area contributed by atoms with Crippen molar-refractivity contribution in [2.45, 2.75) is 12.7 Å². The van der Waals surface area contributed by atoms with E-state index in [1.54, 1.807) is 13.2 Å². The Bertz CT molecular complexity index is 264. The van der Waals surface area contributed by atoms with Crippen LogP contribution in [0.2, 0.25) is 0 Å². The first kappa shape index (κ1) is 9.96. The molecule has 0 aromatic heterocycles. The van der Waals surface area contributed by atoms with Crippen molar-refractivity contribution in [2.24, 2.45) is 0 Å². The molecule has 70 valence electrons. The summed E-state index contributed by atoms with van der Waals surface area (Å²) in [5.41, 5.74) is 1.96. The van der Waals surface area contributed by atoms with Crippen LogP contribution in [0.4, 0.5) is 0 Å². The van der Waals surface area contributed by atoms with Crippen LogP contribution in [-0.2, 0) is 11.3 Å². The highest BCUT2D eigenvalue weighted by atomic mass is 16.5. The van der Waals surface area contributed by atoms with Crippen molar-refractivity contribution in [1.82, 2.24) is 0 Å². The van der Waals surface area contributed by atoms with Crippen molar-refractivity contribution < 1.29 is 9.84 Å². The summed E-state index contributed by atoms with van der Waals surface area (Å²) < 4.78 is 5.18. The highest BCUT2D eigenvalue weighted by molar-refractivity contribution is 5.25. The van der Waals surface area contributed by atoms with Gasteiger partial charge in [0, 0.05) is 7.11 Å². The maximum Gasteiger partial charge on any atom is 0.1000 e. The second-order valence-corrected chi connectivity index (χ2v) is 2.79. The highest BCUT2D eigenvalue weighted by Crippen LogP contribution is 2.17. The zero-order valence-electron chi connectivity index (χ0n) is 7.73. The minimum absolute atomic E-state index is 0.0623. The molecular formula is C11H14O2. The van der Waals surface area contributed by atoms with Crippen molar-refractivity contribution >= 4 is 0 Å². The normalized spacial score (nSPS) is 12.5. The van der Waals surface area contributed by atoms with Crippen LogP contribution in [0.1, 0.15) is 17.2 Å². The minimum Gasteiger partial charge on any atom is -0.392 e. The summed E-state index contributed by atoms with van der Waals surface area (Å²) in [5, 5.41) is 8.83. The second kappa shape index (κ2) is 4.80. The highest BCUT2D eigenvalue weighted by Gasteiger charge is 2.04. The Kier molecular flexibility index (Phi) is 3.68. The monoisotopic (exact) mass is 178 g/mol. The Labute approximate surface area is 78.5 Å². The van der Waals surface area contributed by atoms with E-state index in [1.165, 1.54) is 0 Å². The quantitative estimate of drug-likeness (QED) is 0.715. The molecule has 0 aliphatic heterocycles. The Balaban J connectivity index is 2.83. The largest absolute Gasteiger partial charge is 0.392 e. The van der Waals surface area contributed by atoms with Crippen LogP contribution in [0.3, 0.4) is 0 Å². The van der Waals surface area contributed by atoms with Gasteiger partial charge < -0.3 is 9.84 Å². The molecule has 0 aliphatic carbocycles. The van der Waals surface area contributed by atoms with Crippen LogP contribution in [-0.4, -0.2) is 12.2 Å². The molecule has 1 aromatic rings. The fraction of sp³-hybridized carbons (Fsp3) is 0.273. The number of hydrogen-bond donors (Lipinski definition) is 1. The van der Waals surface area contributed by atoms with Gasteiger partial charge in [-0.05, 0) is 11.1 Å². The van der Waals surface area contributed by atoms with Gasteiger partial charge in [0.1, 0.15) is 0 Å². The molecule has 0 spiro atoms. The fourth-order valence-electron chi connectivity index (χ4n) is 1.18. The maximum atomic E-state index is 8.83. The van der Waals surface area contributed by atoms with Crippen LogP contribution in [0.25, 0.3) is 0 Å². The van der Waals surface area contributed by atoms with E-state index in [1.807, 2.05) is 24.3 Å². The summed E-state index contributed by atoms with van der Waals surface area (Å²) in [7, 11) is 1.65. The number of rotatable bonds is 4. The summed E-state index contributed by atoms with van der Waals surface area (Å²) in [5.74, 6) is 0. The Morgan fingerprint density at radius 1 is 1.46 bits per heavy atom. The zero-order chi connectivity index (χ0) is 9.68. The predicted molar refractivity (Wildman–Crippen MR) is 52.3 cm³/mol. The number of methoxy groups -OCH3 is 1. The fourth-order valence-corrected chi connectivity index (χ4v) is 1.18. The molecule has 1 unspecified atom stereocenters. The van der Waals surface area contributed by atoms with Gasteiger partial charge in [0.25, 0.3) is 0 Å². The van der Waals surface area contributed by atoms with E-state index < -0.39 is 0 Å². The van der Waals surface area contributed by atoms with Gasteiger partial charge in [-0.2, -0.15) is 0 Å². The molecular weight excluding hydrogens is 164 g/mol. The molecule has 0 saturated heterocycles. The van der Waals surface area contributed by atoms with E-state index >= 15 is 0 Å². The second-order valence-electron chi connectivity index (χ2n) is 2.79. The molecule has 13 heavy (non-hydrogen) atoms. The number of ether oxygens (including phenoxy) is 1. The van der Waals surface area contributed by atoms with Crippen molar-refractivity contribution in [3.63, 3.8) is 0 Å². The zero-order valence-corrected chi connectivity index (χ0v) is 7.73. The number of aliphatic hydroxyl groups is 1. The Hall–Kier alpha value is -1.12. The van der Waals surface area contributed by atoms with Crippen molar-refractivity contribution in [3.05, 3.63) is 48.0 Å². The van der Waals surface area contributed by atoms with Crippen molar-refractivity contribution in [2.75, 3.05) is 7.11 Å². The smallest absolute Gasteiger partial charge is 0.1000 e. The standard InChI is InChI=1S/C11H14O2/c1-3-11(13-2)10-6-4-9(8-12)5-7-10/h3-7,11-12H,1,8H2,2H3. The summed E-state index contributed by atoms with van der Waals surface area (Å²) in [4.78, 5) is 0. The minimum atomic E-state index is -0.0623. The maximum absolute atomic E-state index is 8.83. The van der Waals surface area contributed by atoms with E-state index in [0.29, 0.717) is 0 Å². The van der Waals surface area contributed by atoms with Crippen LogP contribution < -0.4 is 0 Å². The SMILES string of the molecule is C=CC(OC)c1ccc(CO)cc1. The molecule has 2 heteroatoms. The molecule has 1 N–H and O–H groups in total. The van der Waals surface area contributed by atoms with E-state index in [2.05, 4.69) is 6.58 Å². The molecule has 0 saturated carbocycles. The summed E-state index contributed by atoms with van der Waals surface area (Å²) in [6.07, 6.45) is 1.68. The van der Waals surface area contributed by atoms with Crippen molar-refractivity contribution in [1.29, 1.82) is 0 Å². The molecule has 0 fully saturated rings. The van der Waals surface area contributed by atoms with Gasteiger partial charge in [-0.1, -0.05) is 30.3 Å². The summed E-state index contributed by atoms with van der Waals surface area (Å²) >= 11 is 0. The van der Waals surface area contributed by atoms with Crippen molar-refractivity contribution in [3.8, 4) is 0 Å². The summed E-state index contributed by atoms with van der Waals surface area (Å²) in [6.45, 7) is 3.75. The lowest BCUT2D eigenvalue weighted by molar-refractivity contribution is 0.143. The summed E-state index contributed by atoms with van der Waals surface area (Å²) in [6, 6.07) is 7.62. The average molecular weight is 178 g/mol. The van der Waals surface area contributed by atoms with E-state index in [0.717, 1.165) is 11.1 Å². The first-order valence-corrected chi connectivity index (χ1v) is 4.17. The van der Waals surface area contributed by atoms with E-state index in [4.69, 9.17) is 9.84 Å². The third kappa shape index (κ3) is 2.41. The number of benzene rings is 1. The predicted octanol–water partition coefficient (Wildman–Crippen LogP) is 2.05. The Morgan fingerprint density at radius 3 is 2.46 bits per heavy atom. The lowest BCUT2D eigenvalue weighted by Crippen LogP contribution is -1.97. The lowest BCUT2D eigenvalue weighted by atomic mass is 10.1. The van der Waals surface area contributed by atoms with Gasteiger partial charge in [0.15, 0.2) is 0 Å².